The topological polar surface area (TPSA) is 122 Å². The predicted octanol–water partition coefficient (Wildman–Crippen LogP) is 1.42. The van der Waals surface area contributed by atoms with E-state index in [1.54, 1.807) is 20.9 Å². The summed E-state index contributed by atoms with van der Waals surface area (Å²) in [5.41, 5.74) is -1.38. The van der Waals surface area contributed by atoms with Gasteiger partial charge in [0, 0.05) is 39.6 Å². The lowest BCUT2D eigenvalue weighted by atomic mass is 10.0. The average molecular weight is 489 g/mol. The maximum absolute atomic E-state index is 13.6. The zero-order valence-electron chi connectivity index (χ0n) is 20.2. The number of hydrogen-bond acceptors (Lipinski definition) is 5. The monoisotopic (exact) mass is 488 g/mol. The number of aliphatic carboxylic acids is 1. The molecule has 35 heavy (non-hydrogen) atoms. The van der Waals surface area contributed by atoms with Crippen molar-refractivity contribution in [3.05, 3.63) is 67.7 Å². The molecular weight excluding hydrogens is 459 g/mol. The summed E-state index contributed by atoms with van der Waals surface area (Å²) < 4.78 is 15.5. The third-order valence-electron chi connectivity index (χ3n) is 6.17. The van der Waals surface area contributed by atoms with Gasteiger partial charge in [0.2, 0.25) is 5.91 Å². The highest BCUT2D eigenvalue weighted by Gasteiger charge is 2.37. The lowest BCUT2D eigenvalue weighted by molar-refractivity contribution is -0.136. The molecule has 0 saturated heterocycles. The second-order valence-corrected chi connectivity index (χ2v) is 9.01. The van der Waals surface area contributed by atoms with Crippen LogP contribution < -0.4 is 11.2 Å². The number of hydrogen-bond donors (Lipinski definition) is 1. The Bertz CT molecular complexity index is 1260. The van der Waals surface area contributed by atoms with E-state index < -0.39 is 47.4 Å². The van der Waals surface area contributed by atoms with Crippen LogP contribution in [0.3, 0.4) is 0 Å². The first-order chi connectivity index (χ1) is 16.4. The molecular formula is C24H29FN4O6. The van der Waals surface area contributed by atoms with Gasteiger partial charge in [0.05, 0.1) is 18.0 Å². The van der Waals surface area contributed by atoms with Crippen molar-refractivity contribution in [2.75, 3.05) is 20.1 Å². The van der Waals surface area contributed by atoms with Crippen molar-refractivity contribution in [1.82, 2.24) is 18.9 Å². The fraction of sp³-hybridized carbons (Fsp3) is 0.458. The van der Waals surface area contributed by atoms with Gasteiger partial charge >= 0.3 is 11.7 Å². The van der Waals surface area contributed by atoms with Gasteiger partial charge in [-0.1, -0.05) is 12.1 Å². The molecule has 3 rings (SSSR count). The number of fused-ring (bicyclic) bond motifs is 1. The van der Waals surface area contributed by atoms with Gasteiger partial charge in [0.15, 0.2) is 0 Å². The Morgan fingerprint density at radius 2 is 1.80 bits per heavy atom. The molecule has 0 saturated carbocycles. The quantitative estimate of drug-likeness (QED) is 0.600. The molecule has 1 atom stereocenters. The third kappa shape index (κ3) is 5.33. The average Bonchev–Trinajstić information content (AvgIpc) is 2.77. The Hall–Kier alpha value is -3.76. The van der Waals surface area contributed by atoms with Crippen LogP contribution >= 0.6 is 0 Å². The molecule has 1 aromatic carbocycles. The van der Waals surface area contributed by atoms with E-state index in [-0.39, 0.29) is 36.8 Å². The van der Waals surface area contributed by atoms with E-state index in [2.05, 4.69) is 0 Å². The summed E-state index contributed by atoms with van der Waals surface area (Å²) in [4.78, 5) is 66.4. The molecule has 1 aliphatic rings. The first-order valence-corrected chi connectivity index (χ1v) is 11.3. The van der Waals surface area contributed by atoms with Gasteiger partial charge in [-0.05, 0) is 38.0 Å². The molecule has 11 heteroatoms. The summed E-state index contributed by atoms with van der Waals surface area (Å²) in [6.07, 6.45) is -0.434. The molecule has 1 aromatic heterocycles. The molecule has 0 spiro atoms. The Morgan fingerprint density at radius 3 is 2.34 bits per heavy atom. The second kappa shape index (κ2) is 10.2. The van der Waals surface area contributed by atoms with Crippen molar-refractivity contribution in [2.24, 2.45) is 0 Å². The van der Waals surface area contributed by atoms with Crippen molar-refractivity contribution in [1.29, 1.82) is 0 Å². The first-order valence-electron chi connectivity index (χ1n) is 11.3. The molecule has 0 radical (unpaired) electrons. The molecule has 1 unspecified atom stereocenters. The number of rotatable bonds is 8. The van der Waals surface area contributed by atoms with Gasteiger partial charge in [-0.15, -0.1) is 0 Å². The molecule has 1 N–H and O–H groups in total. The SMILES string of the molecule is CC(=O)N(C)CCC1CN(Cc2ccc(F)cc2)C(=O)c2c(CC(=O)O)c(=O)n(C(C)C)c(=O)n21. The third-order valence-corrected chi connectivity index (χ3v) is 6.17. The predicted molar refractivity (Wildman–Crippen MR) is 125 cm³/mol. The summed E-state index contributed by atoms with van der Waals surface area (Å²) in [5.74, 6) is -2.56. The van der Waals surface area contributed by atoms with E-state index in [1.807, 2.05) is 0 Å². The lowest BCUT2D eigenvalue weighted by Crippen LogP contribution is -2.54. The minimum Gasteiger partial charge on any atom is -0.481 e. The van der Waals surface area contributed by atoms with Crippen LogP contribution in [0.1, 0.15) is 60.9 Å². The van der Waals surface area contributed by atoms with Crippen LogP contribution in [0, 0.1) is 5.82 Å². The van der Waals surface area contributed by atoms with Gasteiger partial charge in [0.1, 0.15) is 11.5 Å². The zero-order valence-corrected chi connectivity index (χ0v) is 20.2. The van der Waals surface area contributed by atoms with Gasteiger partial charge in [0.25, 0.3) is 11.5 Å². The lowest BCUT2D eigenvalue weighted by Gasteiger charge is -2.37. The number of carbonyl (C=O) groups excluding carboxylic acids is 2. The summed E-state index contributed by atoms with van der Waals surface area (Å²) in [7, 11) is 1.61. The van der Waals surface area contributed by atoms with E-state index in [4.69, 9.17) is 0 Å². The molecule has 1 aliphatic heterocycles. The maximum Gasteiger partial charge on any atom is 0.332 e. The molecule has 2 aromatic rings. The summed E-state index contributed by atoms with van der Waals surface area (Å²) in [5, 5.41) is 9.47. The highest BCUT2D eigenvalue weighted by molar-refractivity contribution is 5.95. The Labute approximate surface area is 201 Å². The van der Waals surface area contributed by atoms with E-state index in [1.165, 1.54) is 45.6 Å². The summed E-state index contributed by atoms with van der Waals surface area (Å²) in [6.45, 7) is 5.12. The molecule has 188 valence electrons. The van der Waals surface area contributed by atoms with Crippen LogP contribution in [0.5, 0.6) is 0 Å². The molecule has 10 nitrogen and oxygen atoms in total. The number of carbonyl (C=O) groups is 3. The minimum absolute atomic E-state index is 0.0755. The highest BCUT2D eigenvalue weighted by Crippen LogP contribution is 2.26. The van der Waals surface area contributed by atoms with Gasteiger partial charge in [-0.3, -0.25) is 28.3 Å². The smallest absolute Gasteiger partial charge is 0.332 e. The number of nitrogens with zero attached hydrogens (tertiary/aromatic N) is 4. The number of carboxylic acid groups (broad SMARTS) is 1. The van der Waals surface area contributed by atoms with Crippen LogP contribution in [0.15, 0.2) is 33.9 Å². The number of halogens is 1. The van der Waals surface area contributed by atoms with Crippen LogP contribution in [0.2, 0.25) is 0 Å². The van der Waals surface area contributed by atoms with Crippen LogP contribution in [0.25, 0.3) is 0 Å². The van der Waals surface area contributed by atoms with Crippen LogP contribution in [-0.4, -0.2) is 62.0 Å². The number of amides is 2. The van der Waals surface area contributed by atoms with Crippen molar-refractivity contribution >= 4 is 17.8 Å². The largest absolute Gasteiger partial charge is 0.481 e. The maximum atomic E-state index is 13.6. The molecule has 0 fully saturated rings. The number of benzene rings is 1. The fourth-order valence-corrected chi connectivity index (χ4v) is 4.26. The normalized spacial score (nSPS) is 15.3. The van der Waals surface area contributed by atoms with Gasteiger partial charge in [-0.25, -0.2) is 9.18 Å². The minimum atomic E-state index is -1.31. The summed E-state index contributed by atoms with van der Waals surface area (Å²) >= 11 is 0. The molecule has 2 heterocycles. The Balaban J connectivity index is 2.19. The van der Waals surface area contributed by atoms with Gasteiger partial charge in [-0.2, -0.15) is 0 Å². The van der Waals surface area contributed by atoms with Crippen molar-refractivity contribution in [2.45, 2.75) is 52.2 Å². The number of aromatic nitrogens is 2. The Kier molecular flexibility index (Phi) is 7.57. The highest BCUT2D eigenvalue weighted by atomic mass is 19.1. The van der Waals surface area contributed by atoms with Crippen molar-refractivity contribution < 1.29 is 23.9 Å². The fourth-order valence-electron chi connectivity index (χ4n) is 4.26. The van der Waals surface area contributed by atoms with Crippen molar-refractivity contribution in [3.63, 3.8) is 0 Å². The molecule has 2 amide bonds. The van der Waals surface area contributed by atoms with Crippen LogP contribution in [0.4, 0.5) is 4.39 Å². The number of carboxylic acids is 1. The molecule has 0 aliphatic carbocycles. The van der Waals surface area contributed by atoms with Crippen LogP contribution in [-0.2, 0) is 22.6 Å². The van der Waals surface area contributed by atoms with Gasteiger partial charge < -0.3 is 14.9 Å². The van der Waals surface area contributed by atoms with E-state index in [9.17, 15) is 33.5 Å². The summed E-state index contributed by atoms with van der Waals surface area (Å²) in [6, 6.07) is 4.40. The molecule has 0 bridgehead atoms. The van der Waals surface area contributed by atoms with E-state index in [0.29, 0.717) is 12.0 Å². The first kappa shape index (κ1) is 25.9. The Morgan fingerprint density at radius 1 is 1.17 bits per heavy atom. The standard InChI is InChI=1S/C24H29FN4O6/c1-14(2)28-22(33)19(11-20(31)32)21-23(34)27(12-16-5-7-17(25)8-6-16)13-18(29(21)24(28)35)9-10-26(4)15(3)30/h5-8,14,18H,9-13H2,1-4H3,(H,31,32). The second-order valence-electron chi connectivity index (χ2n) is 9.01. The van der Waals surface area contributed by atoms with E-state index in [0.717, 1.165) is 4.57 Å². The zero-order chi connectivity index (χ0) is 26.0. The van der Waals surface area contributed by atoms with E-state index >= 15 is 0 Å². The van der Waals surface area contributed by atoms with Crippen molar-refractivity contribution in [3.8, 4) is 0 Å².